The Kier molecular flexibility index (Phi) is 3.58. The Balaban J connectivity index is 1.48. The Morgan fingerprint density at radius 1 is 1.10 bits per heavy atom. The van der Waals surface area contributed by atoms with Crippen LogP contribution >= 0.6 is 15.9 Å². The number of rotatable bonds is 2. The molecule has 0 aromatic heterocycles. The maximum absolute atomic E-state index is 13.0. The molecule has 1 unspecified atom stereocenters. The van der Waals surface area contributed by atoms with Gasteiger partial charge < -0.3 is 9.64 Å². The molecule has 5 rings (SSSR count). The van der Waals surface area contributed by atoms with Crippen molar-refractivity contribution in [1.82, 2.24) is 4.90 Å². The van der Waals surface area contributed by atoms with Crippen LogP contribution in [0.5, 0.6) is 0 Å². The number of ether oxygens (including phenoxy) is 1. The number of amides is 1. The van der Waals surface area contributed by atoms with Gasteiger partial charge in [-0.15, -0.1) is 0 Å². The maximum atomic E-state index is 13.0. The molecule has 1 saturated heterocycles. The van der Waals surface area contributed by atoms with Crippen molar-refractivity contribution < 1.29 is 9.53 Å². The second-order valence-corrected chi connectivity index (χ2v) is 8.04. The zero-order valence-electron chi connectivity index (χ0n) is 12.0. The molecule has 0 N–H and O–H groups in total. The molecule has 4 bridgehead atoms. The third kappa shape index (κ3) is 2.23. The van der Waals surface area contributed by atoms with Crippen LogP contribution in [0.2, 0.25) is 0 Å². The Morgan fingerprint density at radius 3 is 2.35 bits per heavy atom. The fourth-order valence-corrected chi connectivity index (χ4v) is 5.94. The van der Waals surface area contributed by atoms with Crippen LogP contribution in [-0.2, 0) is 9.53 Å². The first-order valence-corrected chi connectivity index (χ1v) is 9.33. The first kappa shape index (κ1) is 13.6. The van der Waals surface area contributed by atoms with E-state index in [4.69, 9.17) is 4.74 Å². The molecule has 4 saturated carbocycles. The normalized spacial score (nSPS) is 46.8. The molecule has 5 fully saturated rings. The van der Waals surface area contributed by atoms with Gasteiger partial charge in [-0.25, -0.2) is 0 Å². The molecule has 1 amide bonds. The summed E-state index contributed by atoms with van der Waals surface area (Å²) in [5.74, 6) is 4.08. The van der Waals surface area contributed by atoms with Crippen LogP contribution in [0.3, 0.4) is 0 Å². The lowest BCUT2D eigenvalue weighted by Gasteiger charge is -2.54. The molecular weight excluding hydrogens is 318 g/mol. The van der Waals surface area contributed by atoms with Gasteiger partial charge in [0.05, 0.1) is 12.7 Å². The van der Waals surface area contributed by atoms with Crippen LogP contribution in [0.1, 0.15) is 32.1 Å². The lowest BCUT2D eigenvalue weighted by atomic mass is 9.51. The van der Waals surface area contributed by atoms with Gasteiger partial charge in [-0.05, 0) is 55.8 Å². The summed E-state index contributed by atoms with van der Waals surface area (Å²) >= 11 is 3.48. The Labute approximate surface area is 129 Å². The van der Waals surface area contributed by atoms with E-state index in [1.54, 1.807) is 0 Å². The number of halogens is 1. The highest BCUT2D eigenvalue weighted by atomic mass is 79.9. The van der Waals surface area contributed by atoms with Gasteiger partial charge >= 0.3 is 0 Å². The van der Waals surface area contributed by atoms with Gasteiger partial charge in [-0.1, -0.05) is 15.9 Å². The van der Waals surface area contributed by atoms with Gasteiger partial charge in [-0.2, -0.15) is 0 Å². The van der Waals surface area contributed by atoms with Crippen molar-refractivity contribution in [2.24, 2.45) is 29.6 Å². The van der Waals surface area contributed by atoms with Crippen LogP contribution in [0.25, 0.3) is 0 Å². The first-order chi connectivity index (χ1) is 9.74. The van der Waals surface area contributed by atoms with E-state index in [1.807, 2.05) is 0 Å². The zero-order chi connectivity index (χ0) is 13.7. The van der Waals surface area contributed by atoms with Crippen LogP contribution in [-0.4, -0.2) is 41.9 Å². The number of hydrogen-bond donors (Lipinski definition) is 0. The second-order valence-electron chi connectivity index (χ2n) is 7.39. The van der Waals surface area contributed by atoms with Crippen molar-refractivity contribution >= 4 is 21.8 Å². The van der Waals surface area contributed by atoms with Gasteiger partial charge in [-0.3, -0.25) is 4.79 Å². The fourth-order valence-electron chi connectivity index (χ4n) is 5.55. The summed E-state index contributed by atoms with van der Waals surface area (Å²) in [7, 11) is 0. The third-order valence-electron chi connectivity index (χ3n) is 6.13. The number of morpholine rings is 1. The van der Waals surface area contributed by atoms with E-state index in [1.165, 1.54) is 32.1 Å². The lowest BCUT2D eigenvalue weighted by Crippen LogP contribution is -2.55. The average molecular weight is 342 g/mol. The summed E-state index contributed by atoms with van der Waals surface area (Å²) in [6.45, 7) is 2.29. The minimum Gasteiger partial charge on any atom is -0.374 e. The highest BCUT2D eigenvalue weighted by Gasteiger charge is 2.51. The van der Waals surface area contributed by atoms with E-state index in [2.05, 4.69) is 20.8 Å². The maximum Gasteiger partial charge on any atom is 0.226 e. The predicted octanol–water partition coefficient (Wildman–Crippen LogP) is 2.68. The van der Waals surface area contributed by atoms with Crippen LogP contribution in [0.15, 0.2) is 0 Å². The van der Waals surface area contributed by atoms with Gasteiger partial charge in [0.15, 0.2) is 0 Å². The van der Waals surface area contributed by atoms with Gasteiger partial charge in [0, 0.05) is 24.3 Å². The van der Waals surface area contributed by atoms with Crippen molar-refractivity contribution in [2.45, 2.75) is 38.2 Å². The van der Waals surface area contributed by atoms with Crippen molar-refractivity contribution in [3.8, 4) is 0 Å². The summed E-state index contributed by atoms with van der Waals surface area (Å²) in [6.07, 6.45) is 6.96. The van der Waals surface area contributed by atoms with E-state index < -0.39 is 0 Å². The molecule has 20 heavy (non-hydrogen) atoms. The topological polar surface area (TPSA) is 29.5 Å². The SMILES string of the molecule is O=C(C1C2CC3CC(C2)CC1C3)N1CCOC(CBr)C1. The monoisotopic (exact) mass is 341 g/mol. The predicted molar refractivity (Wildman–Crippen MR) is 80.6 cm³/mol. The molecule has 112 valence electrons. The standard InChI is InChI=1S/C16H24BrNO2/c17-8-14-9-18(1-2-20-14)16(19)15-12-4-10-3-11(6-12)7-13(15)5-10/h10-15H,1-9H2. The van der Waals surface area contributed by atoms with Crippen molar-refractivity contribution in [3.63, 3.8) is 0 Å². The quantitative estimate of drug-likeness (QED) is 0.722. The molecule has 1 heterocycles. The van der Waals surface area contributed by atoms with E-state index in [0.29, 0.717) is 30.3 Å². The Hall–Kier alpha value is -0.0900. The van der Waals surface area contributed by atoms with Crippen LogP contribution < -0.4 is 0 Å². The summed E-state index contributed by atoms with van der Waals surface area (Å²) in [4.78, 5) is 15.1. The molecule has 4 heteroatoms. The van der Waals surface area contributed by atoms with Gasteiger partial charge in [0.1, 0.15) is 0 Å². The number of carbonyl (C=O) groups excluding carboxylic acids is 1. The zero-order valence-corrected chi connectivity index (χ0v) is 13.6. The molecule has 0 aromatic rings. The number of carbonyl (C=O) groups is 1. The lowest BCUT2D eigenvalue weighted by molar-refractivity contribution is -0.155. The first-order valence-electron chi connectivity index (χ1n) is 8.21. The summed E-state index contributed by atoms with van der Waals surface area (Å²) in [5.41, 5.74) is 0. The Morgan fingerprint density at radius 2 is 1.75 bits per heavy atom. The number of nitrogens with zero attached hydrogens (tertiary/aromatic N) is 1. The Bertz CT molecular complexity index is 372. The fraction of sp³-hybridized carbons (Fsp3) is 0.938. The van der Waals surface area contributed by atoms with Gasteiger partial charge in [0.25, 0.3) is 0 Å². The van der Waals surface area contributed by atoms with Crippen LogP contribution in [0.4, 0.5) is 0 Å². The molecule has 0 aromatic carbocycles. The largest absolute Gasteiger partial charge is 0.374 e. The van der Waals surface area contributed by atoms with E-state index >= 15 is 0 Å². The minimum atomic E-state index is 0.185. The van der Waals surface area contributed by atoms with E-state index in [-0.39, 0.29) is 6.10 Å². The summed E-state index contributed by atoms with van der Waals surface area (Å²) in [6, 6.07) is 0. The molecule has 4 aliphatic carbocycles. The molecule has 3 nitrogen and oxygen atoms in total. The van der Waals surface area contributed by atoms with Crippen LogP contribution in [0, 0.1) is 29.6 Å². The van der Waals surface area contributed by atoms with E-state index in [0.717, 1.165) is 30.3 Å². The molecule has 1 atom stereocenters. The molecule has 1 aliphatic heterocycles. The average Bonchev–Trinajstić information content (AvgIpc) is 2.46. The molecule has 5 aliphatic rings. The highest BCUT2D eigenvalue weighted by Crippen LogP contribution is 2.56. The highest BCUT2D eigenvalue weighted by molar-refractivity contribution is 9.09. The van der Waals surface area contributed by atoms with Crippen molar-refractivity contribution in [1.29, 1.82) is 0 Å². The molecule has 0 radical (unpaired) electrons. The van der Waals surface area contributed by atoms with Gasteiger partial charge in [0.2, 0.25) is 5.91 Å². The number of alkyl halides is 1. The van der Waals surface area contributed by atoms with Crippen molar-refractivity contribution in [3.05, 3.63) is 0 Å². The third-order valence-corrected chi connectivity index (χ3v) is 6.86. The van der Waals surface area contributed by atoms with Crippen molar-refractivity contribution in [2.75, 3.05) is 25.0 Å². The summed E-state index contributed by atoms with van der Waals surface area (Å²) in [5, 5.41) is 0.832. The molecule has 0 spiro atoms. The summed E-state index contributed by atoms with van der Waals surface area (Å²) < 4.78 is 5.67. The molecular formula is C16H24BrNO2. The second kappa shape index (κ2) is 5.28. The number of hydrogen-bond acceptors (Lipinski definition) is 2. The smallest absolute Gasteiger partial charge is 0.226 e. The minimum absolute atomic E-state index is 0.185. The van der Waals surface area contributed by atoms with E-state index in [9.17, 15) is 4.79 Å².